The largest absolute Gasteiger partial charge is 0.391 e. The van der Waals surface area contributed by atoms with Gasteiger partial charge in [0.1, 0.15) is 18.5 Å². The van der Waals surface area contributed by atoms with Gasteiger partial charge >= 0.3 is 0 Å². The van der Waals surface area contributed by atoms with Crippen LogP contribution >= 0.6 is 11.8 Å². The lowest BCUT2D eigenvalue weighted by Crippen LogP contribution is -2.32. The Morgan fingerprint density at radius 1 is 1.09 bits per heavy atom. The standard InChI is InChI=1S/C23H29N5O4S/c1-12-5-3-6-13(2)20(12)33-9-16-18(30)19(31)23(32-16)28-11-26-17-21(24-10-25-22(17)28)27-14-7-4-8-15(14)29/h3,5-6,10-11,14-16,18-19,23,29-31H,4,7-9H2,1-2H3,(H,24,25,27)/t14-,15-,16-,18-,19-,23-/m1/s1. The van der Waals surface area contributed by atoms with Gasteiger partial charge in [-0.05, 0) is 44.2 Å². The molecule has 1 aliphatic carbocycles. The number of rotatable bonds is 6. The third-order valence-electron chi connectivity index (χ3n) is 6.57. The molecule has 1 saturated heterocycles. The van der Waals surface area contributed by atoms with Crippen molar-refractivity contribution in [1.29, 1.82) is 0 Å². The summed E-state index contributed by atoms with van der Waals surface area (Å²) in [7, 11) is 0. The van der Waals surface area contributed by atoms with Crippen LogP contribution in [0, 0.1) is 13.8 Å². The van der Waals surface area contributed by atoms with E-state index in [1.807, 2.05) is 6.07 Å². The minimum atomic E-state index is -1.12. The molecule has 0 amide bonds. The second-order valence-corrected chi connectivity index (χ2v) is 9.90. The number of hydrogen-bond acceptors (Lipinski definition) is 9. The normalized spacial score (nSPS) is 29.7. The van der Waals surface area contributed by atoms with E-state index in [1.54, 1.807) is 22.7 Å². The molecule has 33 heavy (non-hydrogen) atoms. The molecule has 3 heterocycles. The molecule has 0 bridgehead atoms. The van der Waals surface area contributed by atoms with Crippen LogP contribution in [0.15, 0.2) is 35.7 Å². The van der Waals surface area contributed by atoms with Gasteiger partial charge in [-0.1, -0.05) is 18.2 Å². The summed E-state index contributed by atoms with van der Waals surface area (Å²) in [4.78, 5) is 14.3. The van der Waals surface area contributed by atoms with Gasteiger partial charge in [-0.25, -0.2) is 15.0 Å². The second kappa shape index (κ2) is 9.19. The van der Waals surface area contributed by atoms with E-state index in [2.05, 4.69) is 46.2 Å². The van der Waals surface area contributed by atoms with Crippen molar-refractivity contribution >= 4 is 28.7 Å². The maximum Gasteiger partial charge on any atom is 0.167 e. The summed E-state index contributed by atoms with van der Waals surface area (Å²) in [6, 6.07) is 6.08. The fourth-order valence-electron chi connectivity index (χ4n) is 4.72. The average molecular weight is 472 g/mol. The topological polar surface area (TPSA) is 126 Å². The van der Waals surface area contributed by atoms with Crippen LogP contribution < -0.4 is 5.32 Å². The molecule has 3 aromatic rings. The highest BCUT2D eigenvalue weighted by atomic mass is 32.2. The van der Waals surface area contributed by atoms with Gasteiger partial charge in [-0.3, -0.25) is 4.57 Å². The maximum atomic E-state index is 10.8. The van der Waals surface area contributed by atoms with Crippen LogP contribution in [0.2, 0.25) is 0 Å². The van der Waals surface area contributed by atoms with Crippen LogP contribution in [0.5, 0.6) is 0 Å². The van der Waals surface area contributed by atoms with Crippen LogP contribution in [-0.4, -0.2) is 71.0 Å². The van der Waals surface area contributed by atoms with Crippen molar-refractivity contribution in [3.63, 3.8) is 0 Å². The Labute approximate surface area is 196 Å². The Bertz CT molecular complexity index is 1120. The van der Waals surface area contributed by atoms with Crippen molar-refractivity contribution < 1.29 is 20.1 Å². The average Bonchev–Trinajstić information content (AvgIpc) is 3.48. The number of aryl methyl sites for hydroxylation is 2. The van der Waals surface area contributed by atoms with Crippen molar-refractivity contribution in [1.82, 2.24) is 19.5 Å². The number of thioether (sulfide) groups is 1. The van der Waals surface area contributed by atoms with Crippen LogP contribution in [-0.2, 0) is 4.74 Å². The van der Waals surface area contributed by atoms with E-state index in [9.17, 15) is 15.3 Å². The highest BCUT2D eigenvalue weighted by Crippen LogP contribution is 2.36. The molecular weight excluding hydrogens is 442 g/mol. The zero-order valence-corrected chi connectivity index (χ0v) is 19.4. The second-order valence-electron chi connectivity index (χ2n) is 8.87. The molecule has 10 heteroatoms. The third-order valence-corrected chi connectivity index (χ3v) is 8.00. The van der Waals surface area contributed by atoms with Crippen molar-refractivity contribution in [2.45, 2.75) is 74.7 Å². The maximum absolute atomic E-state index is 10.8. The third kappa shape index (κ3) is 4.22. The first-order valence-corrected chi connectivity index (χ1v) is 12.3. The summed E-state index contributed by atoms with van der Waals surface area (Å²) in [5.74, 6) is 1.05. The van der Waals surface area contributed by atoms with E-state index in [1.165, 1.54) is 17.5 Å². The zero-order valence-electron chi connectivity index (χ0n) is 18.6. The highest BCUT2D eigenvalue weighted by Gasteiger charge is 2.44. The summed E-state index contributed by atoms with van der Waals surface area (Å²) >= 11 is 1.62. The van der Waals surface area contributed by atoms with E-state index in [0.29, 0.717) is 22.7 Å². The van der Waals surface area contributed by atoms with Gasteiger partial charge in [0.2, 0.25) is 0 Å². The lowest BCUT2D eigenvalue weighted by molar-refractivity contribution is -0.0289. The summed E-state index contributed by atoms with van der Waals surface area (Å²) < 4.78 is 7.76. The van der Waals surface area contributed by atoms with Gasteiger partial charge in [-0.15, -0.1) is 11.8 Å². The lowest BCUT2D eigenvalue weighted by Gasteiger charge is -2.18. The van der Waals surface area contributed by atoms with E-state index in [-0.39, 0.29) is 6.04 Å². The smallest absolute Gasteiger partial charge is 0.167 e. The lowest BCUT2D eigenvalue weighted by atomic mass is 10.1. The molecule has 6 atom stereocenters. The SMILES string of the molecule is Cc1cccc(C)c1SC[C@H]1O[C@@H](n2cnc3c(N[C@@H]4CCC[C@H]4O)ncnc32)[C@H](O)[C@@H]1O. The van der Waals surface area contributed by atoms with Crippen molar-refractivity contribution in [3.8, 4) is 0 Å². The van der Waals surface area contributed by atoms with Gasteiger partial charge in [0.05, 0.1) is 24.6 Å². The zero-order chi connectivity index (χ0) is 23.1. The van der Waals surface area contributed by atoms with E-state index >= 15 is 0 Å². The quantitative estimate of drug-likeness (QED) is 0.400. The van der Waals surface area contributed by atoms with Crippen LogP contribution in [0.25, 0.3) is 11.2 Å². The van der Waals surface area contributed by atoms with Crippen LogP contribution in [0.3, 0.4) is 0 Å². The first-order valence-electron chi connectivity index (χ1n) is 11.3. The summed E-state index contributed by atoms with van der Waals surface area (Å²) in [5.41, 5.74) is 3.39. The molecule has 5 rings (SSSR count). The first-order chi connectivity index (χ1) is 15.9. The molecule has 0 spiro atoms. The Morgan fingerprint density at radius 2 is 1.88 bits per heavy atom. The number of nitrogens with one attached hydrogen (secondary N) is 1. The molecule has 0 unspecified atom stereocenters. The van der Waals surface area contributed by atoms with Crippen LogP contribution in [0.1, 0.15) is 36.6 Å². The van der Waals surface area contributed by atoms with Gasteiger partial charge in [-0.2, -0.15) is 0 Å². The number of ether oxygens (including phenoxy) is 1. The number of anilines is 1. The molecular formula is C23H29N5O4S. The van der Waals surface area contributed by atoms with E-state index < -0.39 is 30.6 Å². The summed E-state index contributed by atoms with van der Waals surface area (Å²) in [5, 5.41) is 34.9. The van der Waals surface area contributed by atoms with Gasteiger partial charge < -0.3 is 25.4 Å². The Kier molecular flexibility index (Phi) is 6.28. The molecule has 1 aromatic carbocycles. The molecule has 9 nitrogen and oxygen atoms in total. The molecule has 1 saturated carbocycles. The molecule has 4 N–H and O–H groups in total. The number of nitrogens with zero attached hydrogens (tertiary/aromatic N) is 4. The summed E-state index contributed by atoms with van der Waals surface area (Å²) in [6.45, 7) is 4.12. The monoisotopic (exact) mass is 471 g/mol. The number of aliphatic hydroxyl groups is 3. The Balaban J connectivity index is 1.35. The number of fused-ring (bicyclic) bond motifs is 1. The predicted octanol–water partition coefficient (Wildman–Crippen LogP) is 2.18. The Hall–Kier alpha value is -2.24. The predicted molar refractivity (Wildman–Crippen MR) is 125 cm³/mol. The van der Waals surface area contributed by atoms with Gasteiger partial charge in [0.25, 0.3) is 0 Å². The molecule has 2 aromatic heterocycles. The number of aromatic nitrogens is 4. The van der Waals surface area contributed by atoms with Crippen LogP contribution in [0.4, 0.5) is 5.82 Å². The minimum Gasteiger partial charge on any atom is -0.391 e. The van der Waals surface area contributed by atoms with Gasteiger partial charge in [0.15, 0.2) is 23.2 Å². The summed E-state index contributed by atoms with van der Waals surface area (Å²) in [6.07, 6.45) is 1.66. The van der Waals surface area contributed by atoms with Gasteiger partial charge in [0, 0.05) is 10.6 Å². The Morgan fingerprint density at radius 3 is 2.61 bits per heavy atom. The van der Waals surface area contributed by atoms with E-state index in [4.69, 9.17) is 4.74 Å². The minimum absolute atomic E-state index is 0.0744. The molecule has 0 radical (unpaired) electrons. The van der Waals surface area contributed by atoms with Crippen molar-refractivity contribution in [2.75, 3.05) is 11.1 Å². The number of hydrogen-bond donors (Lipinski definition) is 4. The molecule has 2 aliphatic rings. The van der Waals surface area contributed by atoms with Crippen molar-refractivity contribution in [2.24, 2.45) is 0 Å². The first kappa shape index (κ1) is 22.5. The molecule has 2 fully saturated rings. The highest BCUT2D eigenvalue weighted by molar-refractivity contribution is 7.99. The fraction of sp³-hybridized carbons (Fsp3) is 0.522. The molecule has 1 aliphatic heterocycles. The number of imidazole rings is 1. The van der Waals surface area contributed by atoms with Crippen molar-refractivity contribution in [3.05, 3.63) is 42.0 Å². The fourth-order valence-corrected chi connectivity index (χ4v) is 5.92. The molecule has 176 valence electrons. The van der Waals surface area contributed by atoms with E-state index in [0.717, 1.165) is 24.2 Å². The number of aliphatic hydroxyl groups excluding tert-OH is 3. The number of benzene rings is 1.